The number of thioether (sulfide) groups is 1. The molecule has 1 saturated carbocycles. The number of benzene rings is 1. The van der Waals surface area contributed by atoms with E-state index in [0.29, 0.717) is 5.92 Å². The molecule has 2 rings (SSSR count). The van der Waals surface area contributed by atoms with Gasteiger partial charge in [-0.25, -0.2) is 0 Å². The monoisotopic (exact) mass is 276 g/mol. The first-order chi connectivity index (χ1) is 9.18. The first-order valence-electron chi connectivity index (χ1n) is 7.28. The minimum atomic E-state index is -0.232. The smallest absolute Gasteiger partial charge is 0.0639 e. The lowest BCUT2D eigenvalue weighted by atomic mass is 9.81. The van der Waals surface area contributed by atoms with Crippen molar-refractivity contribution in [3.05, 3.63) is 41.8 Å². The van der Waals surface area contributed by atoms with Crippen molar-refractivity contribution in [3.63, 3.8) is 0 Å². The van der Waals surface area contributed by atoms with Gasteiger partial charge in [0.1, 0.15) is 0 Å². The Hall–Kier alpha value is -0.730. The van der Waals surface area contributed by atoms with E-state index in [1.165, 1.54) is 37.0 Å². The van der Waals surface area contributed by atoms with E-state index in [-0.39, 0.29) is 12.0 Å². The van der Waals surface area contributed by atoms with Gasteiger partial charge in [-0.1, -0.05) is 62.7 Å². The number of aliphatic hydroxyl groups excluding tert-OH is 1. The fourth-order valence-corrected chi connectivity index (χ4v) is 3.73. The molecule has 2 atom stereocenters. The Morgan fingerprint density at radius 3 is 2.47 bits per heavy atom. The Morgan fingerprint density at radius 1 is 1.21 bits per heavy atom. The van der Waals surface area contributed by atoms with E-state index in [1.54, 1.807) is 11.8 Å². The zero-order valence-electron chi connectivity index (χ0n) is 11.7. The quantitative estimate of drug-likeness (QED) is 0.774. The highest BCUT2D eigenvalue weighted by atomic mass is 32.2. The molecule has 1 fully saturated rings. The second-order valence-electron chi connectivity index (χ2n) is 5.56. The largest absolute Gasteiger partial charge is 0.392 e. The first kappa shape index (κ1) is 14.7. The average molecular weight is 276 g/mol. The molecule has 0 saturated heterocycles. The van der Waals surface area contributed by atoms with Crippen LogP contribution in [0, 0.1) is 11.8 Å². The maximum Gasteiger partial charge on any atom is 0.0639 e. The molecule has 19 heavy (non-hydrogen) atoms. The Labute approximate surface area is 121 Å². The average Bonchev–Trinajstić information content (AvgIpc) is 2.47. The molecule has 0 bridgehead atoms. The van der Waals surface area contributed by atoms with E-state index in [9.17, 15) is 5.11 Å². The summed E-state index contributed by atoms with van der Waals surface area (Å²) in [6.07, 6.45) is 5.99. The van der Waals surface area contributed by atoms with Gasteiger partial charge in [0.2, 0.25) is 0 Å². The summed E-state index contributed by atoms with van der Waals surface area (Å²) >= 11 is 1.69. The number of hydrogen-bond acceptors (Lipinski definition) is 2. The predicted octanol–water partition coefficient (Wildman–Crippen LogP) is 4.87. The van der Waals surface area contributed by atoms with Crippen molar-refractivity contribution >= 4 is 11.8 Å². The van der Waals surface area contributed by atoms with Gasteiger partial charge in [0, 0.05) is 10.8 Å². The molecule has 0 radical (unpaired) electrons. The lowest BCUT2D eigenvalue weighted by molar-refractivity contribution is 0.0547. The number of rotatable bonds is 5. The number of aliphatic hydroxyl groups is 1. The molecule has 0 aliphatic heterocycles. The molecule has 0 spiro atoms. The minimum Gasteiger partial charge on any atom is -0.392 e. The van der Waals surface area contributed by atoms with Crippen LogP contribution < -0.4 is 0 Å². The van der Waals surface area contributed by atoms with E-state index in [2.05, 4.69) is 25.6 Å². The van der Waals surface area contributed by atoms with Crippen molar-refractivity contribution in [2.75, 3.05) is 0 Å². The fraction of sp³-hybridized carbons (Fsp3) is 0.529. The van der Waals surface area contributed by atoms with Crippen LogP contribution in [0.1, 0.15) is 39.0 Å². The van der Waals surface area contributed by atoms with Crippen LogP contribution in [0.3, 0.4) is 0 Å². The van der Waals surface area contributed by atoms with Gasteiger partial charge >= 0.3 is 0 Å². The molecule has 0 aromatic heterocycles. The third kappa shape index (κ3) is 4.12. The van der Waals surface area contributed by atoms with Crippen LogP contribution in [-0.4, -0.2) is 11.2 Å². The van der Waals surface area contributed by atoms with Crippen LogP contribution in [0.15, 0.2) is 46.7 Å². The van der Waals surface area contributed by atoms with Crippen molar-refractivity contribution in [1.82, 2.24) is 0 Å². The molecule has 0 unspecified atom stereocenters. The summed E-state index contributed by atoms with van der Waals surface area (Å²) in [4.78, 5) is 2.28. The summed E-state index contributed by atoms with van der Waals surface area (Å²) in [5, 5.41) is 10.5. The fourth-order valence-electron chi connectivity index (χ4n) is 2.81. The van der Waals surface area contributed by atoms with Crippen molar-refractivity contribution in [3.8, 4) is 0 Å². The molecule has 0 heterocycles. The summed E-state index contributed by atoms with van der Waals surface area (Å²) in [5.74, 6) is 0.630. The Kier molecular flexibility index (Phi) is 5.53. The van der Waals surface area contributed by atoms with Crippen molar-refractivity contribution in [1.29, 1.82) is 0 Å². The van der Waals surface area contributed by atoms with Gasteiger partial charge in [-0.2, -0.15) is 0 Å². The Bertz CT molecular complexity index is 395. The highest BCUT2D eigenvalue weighted by Crippen LogP contribution is 2.37. The molecular formula is C17H24OS. The standard InChI is InChI=1S/C17H24OS/c1-13(17(18)15-9-5-3-6-10-15)14(2)19-16-11-7-4-8-12-16/h4,7-8,11-13,15,17-18H,2-3,5-6,9-10H2,1H3/t13-,17-/m0/s1. The van der Waals surface area contributed by atoms with Gasteiger partial charge in [0.15, 0.2) is 0 Å². The predicted molar refractivity (Wildman–Crippen MR) is 83.2 cm³/mol. The van der Waals surface area contributed by atoms with Crippen LogP contribution in [0.4, 0.5) is 0 Å². The van der Waals surface area contributed by atoms with Gasteiger partial charge in [0.25, 0.3) is 0 Å². The van der Waals surface area contributed by atoms with E-state index in [4.69, 9.17) is 0 Å². The normalized spacial score (nSPS) is 19.9. The van der Waals surface area contributed by atoms with Crippen molar-refractivity contribution < 1.29 is 5.11 Å². The highest BCUT2D eigenvalue weighted by molar-refractivity contribution is 8.03. The maximum atomic E-state index is 10.5. The maximum absolute atomic E-state index is 10.5. The SMILES string of the molecule is C=C(Sc1ccccc1)[C@H](C)[C@H](O)C1CCCCC1. The topological polar surface area (TPSA) is 20.2 Å². The molecule has 0 amide bonds. The van der Waals surface area contributed by atoms with E-state index in [0.717, 1.165) is 4.91 Å². The van der Waals surface area contributed by atoms with Gasteiger partial charge in [0.05, 0.1) is 6.10 Å². The van der Waals surface area contributed by atoms with Crippen LogP contribution in [0.2, 0.25) is 0 Å². The lowest BCUT2D eigenvalue weighted by Crippen LogP contribution is -2.29. The molecule has 1 aromatic rings. The zero-order chi connectivity index (χ0) is 13.7. The molecule has 104 valence electrons. The molecule has 1 nitrogen and oxygen atoms in total. The minimum absolute atomic E-state index is 0.160. The molecule has 1 aliphatic carbocycles. The second kappa shape index (κ2) is 7.16. The van der Waals surface area contributed by atoms with Crippen molar-refractivity contribution in [2.24, 2.45) is 11.8 Å². The lowest BCUT2D eigenvalue weighted by Gasteiger charge is -2.31. The van der Waals surface area contributed by atoms with Gasteiger partial charge in [-0.3, -0.25) is 0 Å². The summed E-state index contributed by atoms with van der Waals surface area (Å²) in [6, 6.07) is 10.3. The summed E-state index contributed by atoms with van der Waals surface area (Å²) in [6.45, 7) is 6.28. The Balaban J connectivity index is 1.90. The second-order valence-corrected chi connectivity index (χ2v) is 6.76. The molecule has 1 aliphatic rings. The summed E-state index contributed by atoms with van der Waals surface area (Å²) in [7, 11) is 0. The van der Waals surface area contributed by atoms with Gasteiger partial charge < -0.3 is 5.11 Å². The van der Waals surface area contributed by atoms with Crippen LogP contribution >= 0.6 is 11.8 Å². The van der Waals surface area contributed by atoms with Crippen LogP contribution in [-0.2, 0) is 0 Å². The van der Waals surface area contributed by atoms with Crippen LogP contribution in [0.25, 0.3) is 0 Å². The zero-order valence-corrected chi connectivity index (χ0v) is 12.5. The Morgan fingerprint density at radius 2 is 1.84 bits per heavy atom. The number of hydrogen-bond donors (Lipinski definition) is 1. The van der Waals surface area contributed by atoms with E-state index in [1.807, 2.05) is 18.2 Å². The van der Waals surface area contributed by atoms with E-state index >= 15 is 0 Å². The van der Waals surface area contributed by atoms with Gasteiger partial charge in [-0.05, 0) is 35.8 Å². The molecule has 1 aromatic carbocycles. The third-order valence-electron chi connectivity index (χ3n) is 4.15. The summed E-state index contributed by atoms with van der Waals surface area (Å²) in [5.41, 5.74) is 0. The third-order valence-corrected chi connectivity index (χ3v) is 5.29. The molecule has 2 heteroatoms. The summed E-state index contributed by atoms with van der Waals surface area (Å²) < 4.78 is 0. The molecule has 1 N–H and O–H groups in total. The highest BCUT2D eigenvalue weighted by Gasteiger charge is 2.27. The van der Waals surface area contributed by atoms with E-state index < -0.39 is 0 Å². The van der Waals surface area contributed by atoms with Crippen molar-refractivity contribution in [2.45, 2.75) is 50.0 Å². The first-order valence-corrected chi connectivity index (χ1v) is 8.10. The van der Waals surface area contributed by atoms with Gasteiger partial charge in [-0.15, -0.1) is 0 Å². The van der Waals surface area contributed by atoms with Crippen LogP contribution in [0.5, 0.6) is 0 Å². The molecular weight excluding hydrogens is 252 g/mol.